The van der Waals surface area contributed by atoms with E-state index in [-0.39, 0.29) is 45.9 Å². The summed E-state index contributed by atoms with van der Waals surface area (Å²) in [6.07, 6.45) is 4.03. The van der Waals surface area contributed by atoms with Crippen LogP contribution >= 0.6 is 18.9 Å². The Morgan fingerprint density at radius 3 is 2.51 bits per heavy atom. The number of halogens is 2. The molecule has 3 amide bonds. The van der Waals surface area contributed by atoms with Crippen LogP contribution in [0.2, 0.25) is 0 Å². The number of piperidine rings is 1. The van der Waals surface area contributed by atoms with E-state index in [1.54, 1.807) is 11.8 Å². The number of hydrogen-bond acceptors (Lipinski definition) is 8. The third-order valence-corrected chi connectivity index (χ3v) is 11.8. The molecule has 3 aromatic rings. The monoisotopic (exact) mass is 663 g/mol. The van der Waals surface area contributed by atoms with Gasteiger partial charge in [0.2, 0.25) is 23.6 Å². The molecule has 4 aliphatic rings. The minimum absolute atomic E-state index is 0.0726. The maximum absolute atomic E-state index is 14.3. The Morgan fingerprint density at radius 2 is 1.82 bits per heavy atom. The quantitative estimate of drug-likeness (QED) is 0.333. The number of hydrogen-bond donors (Lipinski definition) is 3. The van der Waals surface area contributed by atoms with Crippen molar-refractivity contribution in [2.24, 2.45) is 11.8 Å². The molecule has 1 saturated carbocycles. The van der Waals surface area contributed by atoms with Crippen LogP contribution < -0.4 is 5.32 Å². The molecule has 4 fully saturated rings. The highest BCUT2D eigenvalue weighted by Crippen LogP contribution is 2.60. The van der Waals surface area contributed by atoms with Crippen LogP contribution in [0.5, 0.6) is 0 Å². The lowest BCUT2D eigenvalue weighted by Crippen LogP contribution is -2.56. The summed E-state index contributed by atoms with van der Waals surface area (Å²) in [5.74, 6) is 0.904. The van der Waals surface area contributed by atoms with Crippen molar-refractivity contribution in [2.45, 2.75) is 75.2 Å². The van der Waals surface area contributed by atoms with E-state index in [2.05, 4.69) is 15.5 Å². The summed E-state index contributed by atoms with van der Waals surface area (Å²) < 4.78 is 45.9. The van der Waals surface area contributed by atoms with Crippen LogP contribution in [0.25, 0.3) is 10.1 Å². The number of amides is 3. The fourth-order valence-electron chi connectivity index (χ4n) is 7.38. The molecule has 0 radical (unpaired) electrons. The van der Waals surface area contributed by atoms with Crippen molar-refractivity contribution in [3.05, 3.63) is 46.5 Å². The van der Waals surface area contributed by atoms with Gasteiger partial charge in [-0.25, -0.2) is 0 Å². The highest BCUT2D eigenvalue weighted by molar-refractivity contribution is 7.52. The second kappa shape index (κ2) is 10.9. The highest BCUT2D eigenvalue weighted by Gasteiger charge is 2.61. The normalized spacial score (nSPS) is 28.5. The van der Waals surface area contributed by atoms with Crippen LogP contribution in [0.15, 0.2) is 28.7 Å². The SMILES string of the molecule is Cc1nnc(C2[C@H]3CN(C(=O)[C@@H]4CC[C@@H]5CCCC[C@H](NC(=O)c6cc7cc(C(F)(F)P(=O)(O)O)ccc7s6)C(=O)N54)C[C@@H]23)o1. The van der Waals surface area contributed by atoms with Gasteiger partial charge in [-0.1, -0.05) is 18.9 Å². The molecule has 2 aromatic heterocycles. The number of carbonyl (C=O) groups is 3. The fourth-order valence-corrected chi connectivity index (χ4v) is 8.80. The second-order valence-corrected chi connectivity index (χ2v) is 15.2. The third-order valence-electron chi connectivity index (χ3n) is 9.71. The van der Waals surface area contributed by atoms with Crippen molar-refractivity contribution in [3.8, 4) is 0 Å². The van der Waals surface area contributed by atoms with Gasteiger partial charge < -0.3 is 29.3 Å². The molecule has 6 atom stereocenters. The van der Waals surface area contributed by atoms with Crippen molar-refractivity contribution in [1.29, 1.82) is 0 Å². The number of nitrogens with zero attached hydrogens (tertiary/aromatic N) is 4. The molecule has 5 heterocycles. The number of nitrogens with one attached hydrogen (secondary N) is 1. The molecule has 1 aromatic carbocycles. The zero-order valence-corrected chi connectivity index (χ0v) is 26.0. The van der Waals surface area contributed by atoms with Gasteiger partial charge in [0, 0.05) is 42.2 Å². The Balaban J connectivity index is 1.05. The van der Waals surface area contributed by atoms with E-state index in [0.717, 1.165) is 42.7 Å². The van der Waals surface area contributed by atoms with E-state index in [1.807, 2.05) is 4.90 Å². The highest BCUT2D eigenvalue weighted by atomic mass is 32.1. The smallest absolute Gasteiger partial charge is 0.399 e. The number of thiophene rings is 1. The Labute approximate surface area is 260 Å². The maximum atomic E-state index is 14.3. The average Bonchev–Trinajstić information content (AvgIpc) is 3.55. The van der Waals surface area contributed by atoms with Crippen molar-refractivity contribution in [2.75, 3.05) is 13.1 Å². The zero-order valence-electron chi connectivity index (χ0n) is 24.3. The first kappa shape index (κ1) is 30.4. The van der Waals surface area contributed by atoms with E-state index < -0.39 is 36.8 Å². The summed E-state index contributed by atoms with van der Waals surface area (Å²) in [4.78, 5) is 63.0. The van der Waals surface area contributed by atoms with Gasteiger partial charge in [0.1, 0.15) is 12.1 Å². The molecule has 3 N–H and O–H groups in total. The number of carbonyl (C=O) groups excluding carboxylic acids is 3. The molecule has 7 rings (SSSR count). The van der Waals surface area contributed by atoms with Gasteiger partial charge in [0.15, 0.2) is 0 Å². The summed E-state index contributed by atoms with van der Waals surface area (Å²) in [5, 5.41) is 11.1. The summed E-state index contributed by atoms with van der Waals surface area (Å²) in [5.41, 5.74) is -5.23. The van der Waals surface area contributed by atoms with Crippen LogP contribution in [0.3, 0.4) is 0 Å². The molecule has 0 bridgehead atoms. The Bertz CT molecular complexity index is 1730. The van der Waals surface area contributed by atoms with Gasteiger partial charge in [-0.05, 0) is 61.1 Å². The minimum atomic E-state index is -5.75. The lowest BCUT2D eigenvalue weighted by atomic mass is 9.99. The molecule has 3 saturated heterocycles. The lowest BCUT2D eigenvalue weighted by molar-refractivity contribution is -0.147. The molecule has 12 nitrogen and oxygen atoms in total. The van der Waals surface area contributed by atoms with Crippen LogP contribution in [-0.2, 0) is 19.8 Å². The predicted octanol–water partition coefficient (Wildman–Crippen LogP) is 3.72. The standard InChI is InChI=1S/C29H32F2N5O7PS/c1-14-33-34-26(43-14)24-18-12-35(13-19(18)24)28(39)21-8-7-17-4-2-3-5-20(27(38)36(17)21)32-25(37)23-11-15-10-16(6-9-22(15)45-23)29(30,31)44(40,41)42/h6,9-11,17-21,24H,2-5,7-8,12-13H2,1H3,(H,32,37)(H2,40,41,42)/t17-,18-,19+,20-,21-,24?/m0/s1. The number of alkyl halides is 2. The van der Waals surface area contributed by atoms with Gasteiger partial charge >= 0.3 is 13.3 Å². The summed E-state index contributed by atoms with van der Waals surface area (Å²) in [7, 11) is -5.75. The molecule has 45 heavy (non-hydrogen) atoms. The van der Waals surface area contributed by atoms with Crippen molar-refractivity contribution in [1.82, 2.24) is 25.3 Å². The Kier molecular flexibility index (Phi) is 7.38. The predicted molar refractivity (Wildman–Crippen MR) is 156 cm³/mol. The molecule has 0 spiro atoms. The van der Waals surface area contributed by atoms with E-state index in [9.17, 15) is 27.7 Å². The first-order chi connectivity index (χ1) is 21.3. The van der Waals surface area contributed by atoms with Crippen molar-refractivity contribution < 1.29 is 41.9 Å². The molecule has 16 heteroatoms. The Morgan fingerprint density at radius 1 is 1.09 bits per heavy atom. The second-order valence-electron chi connectivity index (χ2n) is 12.5. The van der Waals surface area contributed by atoms with E-state index >= 15 is 0 Å². The van der Waals surface area contributed by atoms with Gasteiger partial charge in [0.25, 0.3) is 5.91 Å². The molecule has 1 unspecified atom stereocenters. The maximum Gasteiger partial charge on any atom is 0.399 e. The summed E-state index contributed by atoms with van der Waals surface area (Å²) in [6.45, 7) is 2.90. The number of fused-ring (bicyclic) bond motifs is 3. The van der Waals surface area contributed by atoms with Gasteiger partial charge in [-0.15, -0.1) is 21.5 Å². The number of benzene rings is 1. The third kappa shape index (κ3) is 5.27. The van der Waals surface area contributed by atoms with E-state index in [4.69, 9.17) is 14.2 Å². The van der Waals surface area contributed by atoms with Crippen molar-refractivity contribution >= 4 is 46.7 Å². The van der Waals surface area contributed by atoms with Crippen LogP contribution in [0.4, 0.5) is 8.78 Å². The summed E-state index contributed by atoms with van der Waals surface area (Å²) >= 11 is 1.03. The van der Waals surface area contributed by atoms with Gasteiger partial charge in [-0.2, -0.15) is 8.78 Å². The molecule has 1 aliphatic carbocycles. The first-order valence-corrected chi connectivity index (χ1v) is 17.5. The summed E-state index contributed by atoms with van der Waals surface area (Å²) in [6, 6.07) is 3.01. The molecular weight excluding hydrogens is 631 g/mol. The number of rotatable bonds is 6. The average molecular weight is 664 g/mol. The van der Waals surface area contributed by atoms with Crippen LogP contribution in [0.1, 0.15) is 71.5 Å². The number of aryl methyl sites for hydroxylation is 1. The topological polar surface area (TPSA) is 166 Å². The molecule has 240 valence electrons. The number of likely N-dealkylation sites (tertiary alicyclic amines) is 1. The van der Waals surface area contributed by atoms with Crippen LogP contribution in [-0.4, -0.2) is 78.7 Å². The number of aromatic nitrogens is 2. The van der Waals surface area contributed by atoms with Crippen molar-refractivity contribution in [3.63, 3.8) is 0 Å². The lowest BCUT2D eigenvalue weighted by Gasteiger charge is -2.36. The van der Waals surface area contributed by atoms with E-state index in [0.29, 0.717) is 48.8 Å². The minimum Gasteiger partial charge on any atom is -0.425 e. The fraction of sp³-hybridized carbons (Fsp3) is 0.552. The van der Waals surface area contributed by atoms with E-state index in [1.165, 1.54) is 12.1 Å². The molecular formula is C29H32F2N5O7PS. The zero-order chi connectivity index (χ0) is 31.8. The Hall–Kier alpha value is -3.26. The van der Waals surface area contributed by atoms with Gasteiger partial charge in [0.05, 0.1) is 4.88 Å². The van der Waals surface area contributed by atoms with Gasteiger partial charge in [-0.3, -0.25) is 18.9 Å². The largest absolute Gasteiger partial charge is 0.425 e. The first-order valence-electron chi connectivity index (χ1n) is 15.0. The molecule has 3 aliphatic heterocycles. The van der Waals surface area contributed by atoms with Crippen LogP contribution in [0, 0.1) is 18.8 Å².